The Morgan fingerprint density at radius 2 is 1.33 bits per heavy atom. The van der Waals surface area contributed by atoms with Gasteiger partial charge in [0.15, 0.2) is 0 Å². The fraction of sp³-hybridized carbons (Fsp3) is 0.394. The second-order valence-corrected chi connectivity index (χ2v) is 9.05. The molecule has 1 aromatic carbocycles. The van der Waals surface area contributed by atoms with E-state index in [1.165, 1.54) is 13.0 Å². The van der Waals surface area contributed by atoms with Gasteiger partial charge in [0, 0.05) is 19.9 Å². The SMILES string of the molecule is CC/C=C\C/C=C\C/C=C\C/C=C\CCCCC(=O)O.COc1ccc(C=C(NC(C)=O)C(=O)NCCC(=O)O)cc1. The molecule has 0 aliphatic heterocycles. The number of carbonyl (C=O) groups excluding carboxylic acids is 2. The van der Waals surface area contributed by atoms with E-state index < -0.39 is 23.8 Å². The molecule has 9 nitrogen and oxygen atoms in total. The van der Waals surface area contributed by atoms with Gasteiger partial charge in [-0.1, -0.05) is 67.7 Å². The van der Waals surface area contributed by atoms with Crippen LogP contribution in [0.4, 0.5) is 0 Å². The van der Waals surface area contributed by atoms with Crippen LogP contribution in [0.1, 0.15) is 77.2 Å². The maximum atomic E-state index is 12.0. The zero-order valence-electron chi connectivity index (χ0n) is 25.0. The Hall–Kier alpha value is -4.40. The molecule has 2 amide bonds. The third kappa shape index (κ3) is 23.5. The minimum atomic E-state index is -1.01. The first kappa shape index (κ1) is 37.6. The standard InChI is InChI=1S/C18H28O2.C15H18N2O5/c1-2-3-4-5-6-7-8-9-10-11-12-13-14-15-16-17-18(19)20;1-10(18)17-13(15(21)16-8-7-14(19)20)9-11-3-5-12(22-2)6-4-11/h3-4,6-7,9-10,12-13H,2,5,8,11,14-17H2,1H3,(H,19,20);3-6,9H,7-8H2,1-2H3,(H,16,21)(H,17,18)(H,19,20)/b4-3-,7-6-,10-9-,13-12-;. The number of unbranched alkanes of at least 4 members (excludes halogenated alkanes) is 2. The Labute approximate surface area is 249 Å². The van der Waals surface area contributed by atoms with Gasteiger partial charge in [0.25, 0.3) is 5.91 Å². The first-order chi connectivity index (χ1) is 20.2. The molecule has 0 aliphatic rings. The van der Waals surface area contributed by atoms with Crippen molar-refractivity contribution < 1.29 is 34.1 Å². The molecular formula is C33H46N2O7. The van der Waals surface area contributed by atoms with Gasteiger partial charge in [-0.3, -0.25) is 19.2 Å². The maximum absolute atomic E-state index is 12.0. The molecule has 4 N–H and O–H groups in total. The number of allylic oxidation sites excluding steroid dienone is 8. The van der Waals surface area contributed by atoms with Crippen LogP contribution in [0, 0.1) is 0 Å². The second-order valence-electron chi connectivity index (χ2n) is 9.05. The summed E-state index contributed by atoms with van der Waals surface area (Å²) in [6, 6.07) is 6.90. The number of benzene rings is 1. The summed E-state index contributed by atoms with van der Waals surface area (Å²) in [5.41, 5.74) is 0.737. The van der Waals surface area contributed by atoms with Gasteiger partial charge in [0.2, 0.25) is 5.91 Å². The number of nitrogens with one attached hydrogen (secondary N) is 2. The lowest BCUT2D eigenvalue weighted by atomic mass is 10.1. The van der Waals surface area contributed by atoms with Crippen molar-refractivity contribution >= 4 is 29.8 Å². The lowest BCUT2D eigenvalue weighted by molar-refractivity contribution is -0.138. The molecule has 0 aromatic heterocycles. The van der Waals surface area contributed by atoms with Crippen molar-refractivity contribution in [3.63, 3.8) is 0 Å². The number of amides is 2. The first-order valence-electron chi connectivity index (χ1n) is 14.1. The molecule has 0 atom stereocenters. The number of carbonyl (C=O) groups is 4. The largest absolute Gasteiger partial charge is 0.497 e. The van der Waals surface area contributed by atoms with Crippen molar-refractivity contribution in [3.05, 3.63) is 84.1 Å². The number of carboxylic acid groups (broad SMARTS) is 2. The second kappa shape index (κ2) is 25.6. The van der Waals surface area contributed by atoms with E-state index in [-0.39, 0.29) is 25.1 Å². The molecule has 0 bridgehead atoms. The molecule has 42 heavy (non-hydrogen) atoms. The summed E-state index contributed by atoms with van der Waals surface area (Å²) in [6.45, 7) is 3.41. The predicted molar refractivity (Wildman–Crippen MR) is 167 cm³/mol. The monoisotopic (exact) mass is 582 g/mol. The van der Waals surface area contributed by atoms with Gasteiger partial charge in [-0.25, -0.2) is 0 Å². The van der Waals surface area contributed by atoms with Crippen LogP contribution in [0.3, 0.4) is 0 Å². The zero-order chi connectivity index (χ0) is 31.4. The fourth-order valence-electron chi connectivity index (χ4n) is 3.23. The number of hydrogen-bond acceptors (Lipinski definition) is 5. The average molecular weight is 583 g/mol. The molecule has 0 aliphatic carbocycles. The summed E-state index contributed by atoms with van der Waals surface area (Å²) in [7, 11) is 1.55. The van der Waals surface area contributed by atoms with Crippen LogP contribution < -0.4 is 15.4 Å². The molecule has 1 aromatic rings. The number of rotatable bonds is 19. The van der Waals surface area contributed by atoms with Crippen LogP contribution in [-0.4, -0.2) is 47.6 Å². The highest BCUT2D eigenvalue weighted by Crippen LogP contribution is 2.13. The molecule has 0 unspecified atom stereocenters. The van der Waals surface area contributed by atoms with Crippen LogP contribution >= 0.6 is 0 Å². The molecule has 1 rings (SSSR count). The van der Waals surface area contributed by atoms with Gasteiger partial charge in [-0.15, -0.1) is 0 Å². The summed E-state index contributed by atoms with van der Waals surface area (Å²) in [5.74, 6) is -1.99. The fourth-order valence-corrected chi connectivity index (χ4v) is 3.23. The molecular weight excluding hydrogens is 536 g/mol. The van der Waals surface area contributed by atoms with Gasteiger partial charge in [-0.2, -0.15) is 0 Å². The molecule has 0 heterocycles. The normalized spacial score (nSPS) is 11.5. The first-order valence-corrected chi connectivity index (χ1v) is 14.1. The molecule has 0 saturated heterocycles. The van der Waals surface area contributed by atoms with Gasteiger partial charge in [0.05, 0.1) is 13.5 Å². The molecule has 9 heteroatoms. The van der Waals surface area contributed by atoms with Crippen molar-refractivity contribution in [2.24, 2.45) is 0 Å². The highest BCUT2D eigenvalue weighted by molar-refractivity contribution is 6.01. The van der Waals surface area contributed by atoms with Crippen molar-refractivity contribution in [2.45, 2.75) is 71.6 Å². The lowest BCUT2D eigenvalue weighted by Gasteiger charge is -2.09. The Kier molecular flexibility index (Phi) is 22.9. The van der Waals surface area contributed by atoms with E-state index in [9.17, 15) is 19.2 Å². The van der Waals surface area contributed by atoms with Crippen LogP contribution in [0.5, 0.6) is 5.75 Å². The smallest absolute Gasteiger partial charge is 0.305 e. The van der Waals surface area contributed by atoms with E-state index in [1.54, 1.807) is 31.4 Å². The number of aliphatic carboxylic acids is 2. The lowest BCUT2D eigenvalue weighted by Crippen LogP contribution is -2.34. The Balaban J connectivity index is 0.000000805. The summed E-state index contributed by atoms with van der Waals surface area (Å²) >= 11 is 0. The highest BCUT2D eigenvalue weighted by atomic mass is 16.5. The third-order valence-corrected chi connectivity index (χ3v) is 5.34. The van der Waals surface area contributed by atoms with Gasteiger partial charge in [-0.05, 0) is 68.7 Å². The number of ether oxygens (including phenoxy) is 1. The number of methoxy groups -OCH3 is 1. The number of carboxylic acids is 2. The third-order valence-electron chi connectivity index (χ3n) is 5.34. The van der Waals surface area contributed by atoms with E-state index in [0.29, 0.717) is 11.3 Å². The topological polar surface area (TPSA) is 142 Å². The van der Waals surface area contributed by atoms with Gasteiger partial charge in [0.1, 0.15) is 11.4 Å². The summed E-state index contributed by atoms with van der Waals surface area (Å²) in [5, 5.41) is 21.9. The minimum absolute atomic E-state index is 0.0201. The Morgan fingerprint density at radius 1 is 0.786 bits per heavy atom. The highest BCUT2D eigenvalue weighted by Gasteiger charge is 2.11. The Bertz CT molecular complexity index is 1080. The number of hydrogen-bond donors (Lipinski definition) is 4. The van der Waals surface area contributed by atoms with E-state index >= 15 is 0 Å². The minimum Gasteiger partial charge on any atom is -0.497 e. The van der Waals surface area contributed by atoms with Crippen molar-refractivity contribution in [3.8, 4) is 5.75 Å². The van der Waals surface area contributed by atoms with Crippen LogP contribution in [-0.2, 0) is 19.2 Å². The van der Waals surface area contributed by atoms with Crippen LogP contribution in [0.2, 0.25) is 0 Å². The van der Waals surface area contributed by atoms with Crippen molar-refractivity contribution in [2.75, 3.05) is 13.7 Å². The average Bonchev–Trinajstić information content (AvgIpc) is 2.95. The van der Waals surface area contributed by atoms with E-state index in [1.807, 2.05) is 0 Å². The van der Waals surface area contributed by atoms with E-state index in [4.69, 9.17) is 14.9 Å². The molecule has 0 radical (unpaired) electrons. The molecule has 0 spiro atoms. The van der Waals surface area contributed by atoms with Gasteiger partial charge < -0.3 is 25.6 Å². The zero-order valence-corrected chi connectivity index (χ0v) is 25.0. The predicted octanol–water partition coefficient (Wildman–Crippen LogP) is 6.20. The quantitative estimate of drug-likeness (QED) is 0.0864. The Morgan fingerprint density at radius 3 is 1.83 bits per heavy atom. The summed E-state index contributed by atoms with van der Waals surface area (Å²) < 4.78 is 5.04. The van der Waals surface area contributed by atoms with Crippen LogP contribution in [0.25, 0.3) is 6.08 Å². The maximum Gasteiger partial charge on any atom is 0.305 e. The van der Waals surface area contributed by atoms with Crippen molar-refractivity contribution in [1.29, 1.82) is 0 Å². The molecule has 230 valence electrons. The molecule has 0 saturated carbocycles. The van der Waals surface area contributed by atoms with Crippen LogP contribution in [0.15, 0.2) is 78.6 Å². The molecule has 0 fully saturated rings. The van der Waals surface area contributed by atoms with Gasteiger partial charge >= 0.3 is 11.9 Å². The van der Waals surface area contributed by atoms with Crippen molar-refractivity contribution in [1.82, 2.24) is 10.6 Å². The summed E-state index contributed by atoms with van der Waals surface area (Å²) in [6.07, 6.45) is 25.8. The van der Waals surface area contributed by atoms with E-state index in [0.717, 1.165) is 44.9 Å². The van der Waals surface area contributed by atoms with E-state index in [2.05, 4.69) is 66.2 Å². The summed E-state index contributed by atoms with van der Waals surface area (Å²) in [4.78, 5) is 43.9.